The molecule has 1 unspecified atom stereocenters. The van der Waals surface area contributed by atoms with Gasteiger partial charge in [-0.1, -0.05) is 6.07 Å². The van der Waals surface area contributed by atoms with Gasteiger partial charge < -0.3 is 10.0 Å². The summed E-state index contributed by atoms with van der Waals surface area (Å²) in [5.74, 6) is 0.157. The number of pyridine rings is 1. The summed E-state index contributed by atoms with van der Waals surface area (Å²) in [6.45, 7) is 1.29. The van der Waals surface area contributed by atoms with Crippen molar-refractivity contribution < 1.29 is 9.90 Å². The summed E-state index contributed by atoms with van der Waals surface area (Å²) >= 11 is 0. The van der Waals surface area contributed by atoms with E-state index in [2.05, 4.69) is 4.98 Å². The Morgan fingerprint density at radius 1 is 1.50 bits per heavy atom. The lowest BCUT2D eigenvalue weighted by atomic mass is 10.1. The number of aliphatic hydroxyl groups excluding tert-OH is 1. The van der Waals surface area contributed by atoms with Gasteiger partial charge in [0.05, 0.1) is 6.10 Å². The summed E-state index contributed by atoms with van der Waals surface area (Å²) in [5.41, 5.74) is 1.03. The zero-order chi connectivity index (χ0) is 12.8. The van der Waals surface area contributed by atoms with E-state index in [9.17, 15) is 9.90 Å². The molecule has 0 radical (unpaired) electrons. The van der Waals surface area contributed by atoms with Crippen LogP contribution in [0.15, 0.2) is 24.4 Å². The van der Waals surface area contributed by atoms with Crippen LogP contribution in [0, 0.1) is 0 Å². The minimum atomic E-state index is -0.335. The lowest BCUT2D eigenvalue weighted by Crippen LogP contribution is -2.42. The number of nitrogens with zero attached hydrogens (tertiary/aromatic N) is 2. The summed E-state index contributed by atoms with van der Waals surface area (Å²) in [5, 5.41) is 9.53. The highest BCUT2D eigenvalue weighted by molar-refractivity contribution is 5.76. The summed E-state index contributed by atoms with van der Waals surface area (Å²) in [6, 6.07) is 5.84. The van der Waals surface area contributed by atoms with Crippen molar-refractivity contribution >= 4 is 5.91 Å². The van der Waals surface area contributed by atoms with Crippen LogP contribution in [0.5, 0.6) is 0 Å². The van der Waals surface area contributed by atoms with E-state index in [0.717, 1.165) is 37.9 Å². The molecular formula is C14H20N2O2. The number of β-amino-alcohol motifs (C(OH)–C–C–N with tert-alkyl or cyclic N) is 1. The fourth-order valence-electron chi connectivity index (χ4n) is 2.31. The van der Waals surface area contributed by atoms with Crippen molar-refractivity contribution in [2.24, 2.45) is 0 Å². The lowest BCUT2D eigenvalue weighted by molar-refractivity contribution is -0.134. The van der Waals surface area contributed by atoms with Gasteiger partial charge in [0, 0.05) is 31.4 Å². The normalized spacial score (nSPS) is 19.8. The molecule has 1 aliphatic heterocycles. The summed E-state index contributed by atoms with van der Waals surface area (Å²) in [6.07, 6.45) is 5.37. The van der Waals surface area contributed by atoms with Crippen LogP contribution in [0.4, 0.5) is 0 Å². The molecule has 0 bridgehead atoms. The number of aryl methyl sites for hydroxylation is 1. The van der Waals surface area contributed by atoms with Crippen LogP contribution in [0.3, 0.4) is 0 Å². The Hall–Kier alpha value is -1.42. The third-order valence-corrected chi connectivity index (χ3v) is 3.30. The van der Waals surface area contributed by atoms with Crippen molar-refractivity contribution in [1.29, 1.82) is 0 Å². The predicted octanol–water partition coefficient (Wildman–Crippen LogP) is 1.39. The third kappa shape index (κ3) is 3.81. The number of carbonyl (C=O) groups excluding carboxylic acids is 1. The molecule has 1 atom stereocenters. The molecule has 4 nitrogen and oxygen atoms in total. The molecule has 1 aliphatic rings. The Morgan fingerprint density at radius 2 is 2.39 bits per heavy atom. The first kappa shape index (κ1) is 13.0. The van der Waals surface area contributed by atoms with Crippen LogP contribution in [-0.4, -0.2) is 40.1 Å². The summed E-state index contributed by atoms with van der Waals surface area (Å²) < 4.78 is 0. The van der Waals surface area contributed by atoms with Gasteiger partial charge in [0.2, 0.25) is 5.91 Å². The SMILES string of the molecule is O=C(CCCc1ccccn1)N1CCCC(O)C1. The Bertz CT molecular complexity index is 381. The van der Waals surface area contributed by atoms with E-state index in [1.54, 1.807) is 11.1 Å². The second kappa shape index (κ2) is 6.50. The number of rotatable bonds is 4. The maximum atomic E-state index is 11.9. The largest absolute Gasteiger partial charge is 0.391 e. The first-order chi connectivity index (χ1) is 8.75. The predicted molar refractivity (Wildman–Crippen MR) is 69.0 cm³/mol. The van der Waals surface area contributed by atoms with E-state index in [4.69, 9.17) is 0 Å². The average molecular weight is 248 g/mol. The van der Waals surface area contributed by atoms with Gasteiger partial charge in [0.25, 0.3) is 0 Å². The van der Waals surface area contributed by atoms with Gasteiger partial charge in [-0.25, -0.2) is 0 Å². The first-order valence-corrected chi connectivity index (χ1v) is 6.61. The van der Waals surface area contributed by atoms with Gasteiger partial charge in [-0.2, -0.15) is 0 Å². The lowest BCUT2D eigenvalue weighted by Gasteiger charge is -2.30. The van der Waals surface area contributed by atoms with Crippen molar-refractivity contribution in [1.82, 2.24) is 9.88 Å². The van der Waals surface area contributed by atoms with Gasteiger partial charge in [0.15, 0.2) is 0 Å². The van der Waals surface area contributed by atoms with Crippen molar-refractivity contribution in [3.63, 3.8) is 0 Å². The average Bonchev–Trinajstić information content (AvgIpc) is 2.40. The van der Waals surface area contributed by atoms with Crippen molar-refractivity contribution in [3.8, 4) is 0 Å². The van der Waals surface area contributed by atoms with E-state index in [1.165, 1.54) is 0 Å². The van der Waals surface area contributed by atoms with Gasteiger partial charge in [0.1, 0.15) is 0 Å². The van der Waals surface area contributed by atoms with Gasteiger partial charge in [-0.3, -0.25) is 9.78 Å². The number of hydrogen-bond donors (Lipinski definition) is 1. The van der Waals surface area contributed by atoms with E-state index in [0.29, 0.717) is 13.0 Å². The standard InChI is InChI=1S/C14H20N2O2/c17-13-7-4-10-16(11-13)14(18)8-3-6-12-5-1-2-9-15-12/h1-2,5,9,13,17H,3-4,6-8,10-11H2. The Morgan fingerprint density at radius 3 is 3.11 bits per heavy atom. The maximum Gasteiger partial charge on any atom is 0.222 e. The molecule has 0 spiro atoms. The Labute approximate surface area is 108 Å². The molecule has 2 heterocycles. The van der Waals surface area contributed by atoms with E-state index in [-0.39, 0.29) is 12.0 Å². The van der Waals surface area contributed by atoms with Crippen LogP contribution in [0.25, 0.3) is 0 Å². The summed E-state index contributed by atoms with van der Waals surface area (Å²) in [4.78, 5) is 17.9. The minimum absolute atomic E-state index is 0.157. The molecule has 1 N–H and O–H groups in total. The van der Waals surface area contributed by atoms with Crippen molar-refractivity contribution in [3.05, 3.63) is 30.1 Å². The van der Waals surface area contributed by atoms with Crippen LogP contribution in [-0.2, 0) is 11.2 Å². The number of hydrogen-bond acceptors (Lipinski definition) is 3. The molecular weight excluding hydrogens is 228 g/mol. The smallest absolute Gasteiger partial charge is 0.222 e. The molecule has 1 aromatic heterocycles. The summed E-state index contributed by atoms with van der Waals surface area (Å²) in [7, 11) is 0. The quantitative estimate of drug-likeness (QED) is 0.876. The molecule has 0 aromatic carbocycles. The highest BCUT2D eigenvalue weighted by Gasteiger charge is 2.21. The van der Waals surface area contributed by atoms with Gasteiger partial charge in [-0.15, -0.1) is 0 Å². The monoisotopic (exact) mass is 248 g/mol. The zero-order valence-electron chi connectivity index (χ0n) is 10.6. The third-order valence-electron chi connectivity index (χ3n) is 3.30. The minimum Gasteiger partial charge on any atom is -0.391 e. The van der Waals surface area contributed by atoms with E-state index in [1.807, 2.05) is 18.2 Å². The number of aliphatic hydroxyl groups is 1. The molecule has 98 valence electrons. The van der Waals surface area contributed by atoms with Crippen molar-refractivity contribution in [2.75, 3.05) is 13.1 Å². The molecule has 1 fully saturated rings. The van der Waals surface area contributed by atoms with Gasteiger partial charge in [-0.05, 0) is 37.8 Å². The van der Waals surface area contributed by atoms with Crippen LogP contribution < -0.4 is 0 Å². The topological polar surface area (TPSA) is 53.4 Å². The molecule has 0 aliphatic carbocycles. The maximum absolute atomic E-state index is 11.9. The molecule has 1 amide bonds. The molecule has 2 rings (SSSR count). The Balaban J connectivity index is 1.71. The fraction of sp³-hybridized carbons (Fsp3) is 0.571. The highest BCUT2D eigenvalue weighted by atomic mass is 16.3. The number of amides is 1. The first-order valence-electron chi connectivity index (χ1n) is 6.61. The highest BCUT2D eigenvalue weighted by Crippen LogP contribution is 2.12. The molecule has 0 saturated carbocycles. The second-order valence-corrected chi connectivity index (χ2v) is 4.81. The number of carbonyl (C=O) groups is 1. The molecule has 18 heavy (non-hydrogen) atoms. The molecule has 1 aromatic rings. The molecule has 4 heteroatoms. The van der Waals surface area contributed by atoms with E-state index >= 15 is 0 Å². The van der Waals surface area contributed by atoms with E-state index < -0.39 is 0 Å². The Kier molecular flexibility index (Phi) is 4.70. The van der Waals surface area contributed by atoms with Gasteiger partial charge >= 0.3 is 0 Å². The number of piperidine rings is 1. The van der Waals surface area contributed by atoms with Crippen LogP contribution in [0.1, 0.15) is 31.4 Å². The number of likely N-dealkylation sites (tertiary alicyclic amines) is 1. The second-order valence-electron chi connectivity index (χ2n) is 4.81. The van der Waals surface area contributed by atoms with Crippen LogP contribution in [0.2, 0.25) is 0 Å². The number of aromatic nitrogens is 1. The molecule has 1 saturated heterocycles. The van der Waals surface area contributed by atoms with Crippen LogP contribution >= 0.6 is 0 Å². The van der Waals surface area contributed by atoms with Crippen molar-refractivity contribution in [2.45, 2.75) is 38.2 Å². The fourth-order valence-corrected chi connectivity index (χ4v) is 2.31. The zero-order valence-corrected chi connectivity index (χ0v) is 10.6.